The molecule has 0 spiro atoms. The van der Waals surface area contributed by atoms with Crippen molar-refractivity contribution in [3.8, 4) is 91.9 Å². The zero-order valence-electron chi connectivity index (χ0n) is 39.3. The standard InChI is InChI=1S/C50H52N4O13/c1-55-37-21-29(22-38(56-2)45(37)63-9)53(30-23-39(57-3)46(64-10)40(24-30)58-4)35-19-15-13-17-33(35)49-51-52-50(67-49)34-18-14-16-20-36(34)54(31-25-41(59-5)47(65-11)42(26-31)60-6)32-27-43(61-7)48(66-12)44(28-32)62-8/h13-28H,1-12H3. The van der Waals surface area contributed by atoms with Gasteiger partial charge in [-0.1, -0.05) is 24.3 Å². The summed E-state index contributed by atoms with van der Waals surface area (Å²) < 4.78 is 76.1. The van der Waals surface area contributed by atoms with Gasteiger partial charge in [-0.3, -0.25) is 0 Å². The molecule has 7 rings (SSSR count). The highest BCUT2D eigenvalue weighted by Gasteiger charge is 2.29. The molecule has 0 aliphatic heterocycles. The second kappa shape index (κ2) is 20.7. The molecule has 0 amide bonds. The van der Waals surface area contributed by atoms with E-state index in [1.807, 2.05) is 107 Å². The van der Waals surface area contributed by atoms with Crippen LogP contribution in [0, 0.1) is 0 Å². The molecule has 7 aromatic rings. The number of benzene rings is 6. The molecule has 0 aliphatic rings. The Kier molecular flexibility index (Phi) is 14.4. The first kappa shape index (κ1) is 46.6. The van der Waals surface area contributed by atoms with Gasteiger partial charge in [-0.15, -0.1) is 10.2 Å². The first-order chi connectivity index (χ1) is 32.7. The Hall–Kier alpha value is -8.34. The molecule has 17 heteroatoms. The van der Waals surface area contributed by atoms with Crippen LogP contribution in [0.5, 0.6) is 69.0 Å². The minimum Gasteiger partial charge on any atom is -0.493 e. The van der Waals surface area contributed by atoms with Crippen molar-refractivity contribution in [2.24, 2.45) is 0 Å². The molecular formula is C50H52N4O13. The van der Waals surface area contributed by atoms with Crippen LogP contribution in [-0.2, 0) is 0 Å². The summed E-state index contributed by atoms with van der Waals surface area (Å²) in [6.07, 6.45) is 0. The molecule has 0 atom stereocenters. The Morgan fingerprint density at radius 1 is 0.313 bits per heavy atom. The van der Waals surface area contributed by atoms with E-state index in [-0.39, 0.29) is 11.8 Å². The molecule has 6 aromatic carbocycles. The van der Waals surface area contributed by atoms with Gasteiger partial charge in [0.25, 0.3) is 0 Å². The van der Waals surface area contributed by atoms with Crippen molar-refractivity contribution in [2.45, 2.75) is 0 Å². The number of para-hydroxylation sites is 2. The molecular weight excluding hydrogens is 865 g/mol. The van der Waals surface area contributed by atoms with E-state index in [9.17, 15) is 0 Å². The summed E-state index contributed by atoms with van der Waals surface area (Å²) in [4.78, 5) is 3.91. The van der Waals surface area contributed by atoms with E-state index in [1.54, 1.807) is 85.3 Å². The first-order valence-corrected chi connectivity index (χ1v) is 20.5. The topological polar surface area (TPSA) is 156 Å². The van der Waals surface area contributed by atoms with Crippen LogP contribution in [0.15, 0.2) is 101 Å². The molecule has 67 heavy (non-hydrogen) atoms. The van der Waals surface area contributed by atoms with Gasteiger partial charge in [0.2, 0.25) is 34.8 Å². The quantitative estimate of drug-likeness (QED) is 0.0711. The molecule has 0 saturated carbocycles. The Morgan fingerprint density at radius 3 is 0.746 bits per heavy atom. The molecule has 17 nitrogen and oxygen atoms in total. The van der Waals surface area contributed by atoms with Crippen molar-refractivity contribution in [1.82, 2.24) is 10.2 Å². The van der Waals surface area contributed by atoms with Crippen LogP contribution in [0.2, 0.25) is 0 Å². The average molecular weight is 917 g/mol. The molecule has 0 radical (unpaired) electrons. The molecule has 1 heterocycles. The fourth-order valence-electron chi connectivity index (χ4n) is 7.78. The number of hydrogen-bond acceptors (Lipinski definition) is 17. The number of anilines is 6. The van der Waals surface area contributed by atoms with Gasteiger partial charge in [0.1, 0.15) is 0 Å². The molecule has 350 valence electrons. The largest absolute Gasteiger partial charge is 0.493 e. The average Bonchev–Trinajstić information content (AvgIpc) is 3.87. The van der Waals surface area contributed by atoms with E-state index in [0.29, 0.717) is 114 Å². The number of methoxy groups -OCH3 is 12. The number of ether oxygens (including phenoxy) is 12. The highest BCUT2D eigenvalue weighted by Crippen LogP contribution is 2.53. The second-order valence-corrected chi connectivity index (χ2v) is 14.2. The lowest BCUT2D eigenvalue weighted by molar-refractivity contribution is 0.324. The van der Waals surface area contributed by atoms with Crippen LogP contribution in [0.4, 0.5) is 34.1 Å². The predicted molar refractivity (Wildman–Crippen MR) is 253 cm³/mol. The minimum atomic E-state index is 0.206. The number of nitrogens with zero attached hydrogens (tertiary/aromatic N) is 4. The van der Waals surface area contributed by atoms with Gasteiger partial charge in [0, 0.05) is 48.5 Å². The van der Waals surface area contributed by atoms with Gasteiger partial charge in [-0.05, 0) is 24.3 Å². The fourth-order valence-corrected chi connectivity index (χ4v) is 7.78. The van der Waals surface area contributed by atoms with Gasteiger partial charge in [0.05, 0.1) is 131 Å². The molecule has 0 saturated heterocycles. The van der Waals surface area contributed by atoms with Gasteiger partial charge in [0.15, 0.2) is 46.0 Å². The third-order valence-electron chi connectivity index (χ3n) is 10.8. The third-order valence-corrected chi connectivity index (χ3v) is 10.8. The summed E-state index contributed by atoms with van der Waals surface area (Å²) >= 11 is 0. The lowest BCUT2D eigenvalue weighted by atomic mass is 10.1. The Labute approximate surface area is 388 Å². The van der Waals surface area contributed by atoms with Gasteiger partial charge in [-0.2, -0.15) is 0 Å². The van der Waals surface area contributed by atoms with Crippen LogP contribution in [0.3, 0.4) is 0 Å². The molecule has 0 unspecified atom stereocenters. The van der Waals surface area contributed by atoms with Crippen molar-refractivity contribution in [3.05, 3.63) is 97.1 Å². The van der Waals surface area contributed by atoms with Crippen LogP contribution in [0.1, 0.15) is 0 Å². The van der Waals surface area contributed by atoms with Crippen molar-refractivity contribution < 1.29 is 61.3 Å². The monoisotopic (exact) mass is 916 g/mol. The number of hydrogen-bond donors (Lipinski definition) is 0. The zero-order valence-corrected chi connectivity index (χ0v) is 39.3. The molecule has 0 N–H and O–H groups in total. The summed E-state index contributed by atoms with van der Waals surface area (Å²) in [5.41, 5.74) is 4.89. The number of rotatable bonds is 20. The molecule has 0 fully saturated rings. The summed E-state index contributed by atoms with van der Waals surface area (Å²) in [7, 11) is 18.6. The van der Waals surface area contributed by atoms with Crippen molar-refractivity contribution in [3.63, 3.8) is 0 Å². The Balaban J connectivity index is 1.46. The highest BCUT2D eigenvalue weighted by molar-refractivity contribution is 5.91. The molecule has 0 aliphatic carbocycles. The minimum absolute atomic E-state index is 0.206. The van der Waals surface area contributed by atoms with E-state index in [2.05, 4.69) is 10.2 Å². The molecule has 0 bridgehead atoms. The first-order valence-electron chi connectivity index (χ1n) is 20.5. The normalized spacial score (nSPS) is 10.7. The summed E-state index contributed by atoms with van der Waals surface area (Å²) in [6, 6.07) is 29.9. The van der Waals surface area contributed by atoms with Gasteiger partial charge >= 0.3 is 0 Å². The zero-order chi connectivity index (χ0) is 47.8. The van der Waals surface area contributed by atoms with E-state index in [0.717, 1.165) is 0 Å². The van der Waals surface area contributed by atoms with E-state index in [1.165, 1.54) is 0 Å². The Bertz CT molecular complexity index is 2430. The highest BCUT2D eigenvalue weighted by atomic mass is 16.6. The van der Waals surface area contributed by atoms with Crippen molar-refractivity contribution >= 4 is 34.1 Å². The maximum Gasteiger partial charge on any atom is 0.250 e. The van der Waals surface area contributed by atoms with Crippen molar-refractivity contribution in [1.29, 1.82) is 0 Å². The van der Waals surface area contributed by atoms with E-state index < -0.39 is 0 Å². The summed E-state index contributed by atoms with van der Waals surface area (Å²) in [5, 5.41) is 9.34. The smallest absolute Gasteiger partial charge is 0.250 e. The van der Waals surface area contributed by atoms with Crippen LogP contribution < -0.4 is 66.6 Å². The van der Waals surface area contributed by atoms with Gasteiger partial charge in [-0.25, -0.2) is 0 Å². The van der Waals surface area contributed by atoms with Gasteiger partial charge < -0.3 is 71.1 Å². The number of aromatic nitrogens is 2. The summed E-state index contributed by atoms with van der Waals surface area (Å²) in [6.45, 7) is 0. The lowest BCUT2D eigenvalue weighted by Gasteiger charge is -2.29. The summed E-state index contributed by atoms with van der Waals surface area (Å²) in [5.74, 6) is 5.46. The maximum absolute atomic E-state index is 6.73. The fraction of sp³-hybridized carbons (Fsp3) is 0.240. The SMILES string of the molecule is COc1cc(N(c2cc(OC)c(OC)c(OC)c2)c2ccccc2-c2nnc(-c3ccccc3N(c3cc(OC)c(OC)c(OC)c3)c3cc(OC)c(OC)c(OC)c3)o2)cc(OC)c1OC. The van der Waals surface area contributed by atoms with Crippen LogP contribution >= 0.6 is 0 Å². The predicted octanol–water partition coefficient (Wildman–Crippen LogP) is 10.4. The van der Waals surface area contributed by atoms with Crippen LogP contribution in [0.25, 0.3) is 22.9 Å². The third kappa shape index (κ3) is 8.78. The second-order valence-electron chi connectivity index (χ2n) is 14.2. The van der Waals surface area contributed by atoms with E-state index in [4.69, 9.17) is 61.3 Å². The van der Waals surface area contributed by atoms with E-state index >= 15 is 0 Å². The lowest BCUT2D eigenvalue weighted by Crippen LogP contribution is -2.13. The maximum atomic E-state index is 6.73. The van der Waals surface area contributed by atoms with Crippen molar-refractivity contribution in [2.75, 3.05) is 95.1 Å². The van der Waals surface area contributed by atoms with Crippen LogP contribution in [-0.4, -0.2) is 95.5 Å². The molecule has 1 aromatic heterocycles. The Morgan fingerprint density at radius 2 is 0.537 bits per heavy atom.